The molecule has 1 nitrogen and oxygen atoms in total. The molecular formula is C9H17F3O. The fourth-order valence-electron chi connectivity index (χ4n) is 0.996. The Morgan fingerprint density at radius 1 is 1.23 bits per heavy atom. The van der Waals surface area contributed by atoms with E-state index >= 15 is 0 Å². The minimum atomic E-state index is -4.51. The fraction of sp³-hybridized carbons (Fsp3) is 1.00. The van der Waals surface area contributed by atoms with Crippen molar-refractivity contribution in [3.63, 3.8) is 0 Å². The minimum absolute atomic E-state index is 0.214. The van der Waals surface area contributed by atoms with Gasteiger partial charge in [0.15, 0.2) is 5.60 Å². The first-order chi connectivity index (χ1) is 5.67. The lowest BCUT2D eigenvalue weighted by Gasteiger charge is -2.26. The molecule has 1 unspecified atom stereocenters. The lowest BCUT2D eigenvalue weighted by atomic mass is 9.95. The van der Waals surface area contributed by atoms with E-state index in [1.165, 1.54) is 0 Å². The number of halogens is 3. The first-order valence-corrected chi connectivity index (χ1v) is 4.46. The van der Waals surface area contributed by atoms with Crippen molar-refractivity contribution in [2.24, 2.45) is 5.92 Å². The van der Waals surface area contributed by atoms with Crippen molar-refractivity contribution < 1.29 is 18.3 Å². The molecule has 0 spiro atoms. The summed E-state index contributed by atoms with van der Waals surface area (Å²) in [5, 5.41) is 9.04. The summed E-state index contributed by atoms with van der Waals surface area (Å²) in [6.07, 6.45) is -3.60. The molecule has 0 aromatic rings. The van der Waals surface area contributed by atoms with Gasteiger partial charge in [0, 0.05) is 0 Å². The van der Waals surface area contributed by atoms with E-state index < -0.39 is 11.8 Å². The Labute approximate surface area is 76.9 Å². The SMILES string of the molecule is CC(C)CCCC(C)(O)C(F)(F)F. The quantitative estimate of drug-likeness (QED) is 0.735. The monoisotopic (exact) mass is 198 g/mol. The smallest absolute Gasteiger partial charge is 0.381 e. The van der Waals surface area contributed by atoms with E-state index in [1.54, 1.807) is 0 Å². The number of hydrogen-bond acceptors (Lipinski definition) is 1. The van der Waals surface area contributed by atoms with Crippen molar-refractivity contribution in [1.82, 2.24) is 0 Å². The van der Waals surface area contributed by atoms with Crippen LogP contribution in [0.4, 0.5) is 13.2 Å². The van der Waals surface area contributed by atoms with Crippen LogP contribution in [0.15, 0.2) is 0 Å². The Hall–Kier alpha value is -0.250. The van der Waals surface area contributed by atoms with Crippen LogP contribution in [-0.4, -0.2) is 16.9 Å². The van der Waals surface area contributed by atoms with Gasteiger partial charge in [-0.25, -0.2) is 0 Å². The summed E-state index contributed by atoms with van der Waals surface area (Å²) >= 11 is 0. The molecule has 4 heteroatoms. The molecule has 0 aromatic carbocycles. The van der Waals surface area contributed by atoms with Gasteiger partial charge in [0.1, 0.15) is 0 Å². The Morgan fingerprint density at radius 3 is 2.00 bits per heavy atom. The second-order valence-corrected chi connectivity index (χ2v) is 4.06. The van der Waals surface area contributed by atoms with Gasteiger partial charge in [-0.2, -0.15) is 13.2 Å². The van der Waals surface area contributed by atoms with E-state index in [2.05, 4.69) is 0 Å². The highest BCUT2D eigenvalue weighted by molar-refractivity contribution is 4.81. The first kappa shape index (κ1) is 12.8. The summed E-state index contributed by atoms with van der Waals surface area (Å²) in [6, 6.07) is 0. The van der Waals surface area contributed by atoms with E-state index in [4.69, 9.17) is 5.11 Å². The van der Waals surface area contributed by atoms with Crippen LogP contribution in [0.25, 0.3) is 0 Å². The average Bonchev–Trinajstić information content (AvgIpc) is 1.82. The number of hydrogen-bond donors (Lipinski definition) is 1. The van der Waals surface area contributed by atoms with E-state index in [0.717, 1.165) is 6.92 Å². The summed E-state index contributed by atoms with van der Waals surface area (Å²) in [5.74, 6) is 0.379. The highest BCUT2D eigenvalue weighted by Gasteiger charge is 2.48. The third-order valence-electron chi connectivity index (χ3n) is 2.06. The van der Waals surface area contributed by atoms with Crippen LogP contribution in [0.3, 0.4) is 0 Å². The summed E-state index contributed by atoms with van der Waals surface area (Å²) < 4.78 is 36.3. The standard InChI is InChI=1S/C9H17F3O/c1-7(2)5-4-6-8(3,13)9(10,11)12/h7,13H,4-6H2,1-3H3. The summed E-state index contributed by atoms with van der Waals surface area (Å²) in [7, 11) is 0. The molecule has 0 saturated carbocycles. The molecule has 80 valence electrons. The maximum atomic E-state index is 12.1. The molecule has 0 fully saturated rings. The third kappa shape index (κ3) is 4.50. The number of alkyl halides is 3. The minimum Gasteiger partial charge on any atom is -0.381 e. The molecule has 0 aromatic heterocycles. The van der Waals surface area contributed by atoms with Crippen molar-refractivity contribution in [2.75, 3.05) is 0 Å². The zero-order valence-electron chi connectivity index (χ0n) is 8.28. The molecule has 0 rings (SSSR count). The molecule has 0 aliphatic rings. The fourth-order valence-corrected chi connectivity index (χ4v) is 0.996. The normalized spacial score (nSPS) is 17.5. The molecule has 0 saturated heterocycles. The molecule has 0 heterocycles. The molecule has 0 radical (unpaired) electrons. The van der Waals surface area contributed by atoms with Gasteiger partial charge in [0.05, 0.1) is 0 Å². The Kier molecular flexibility index (Phi) is 4.23. The zero-order valence-corrected chi connectivity index (χ0v) is 8.28. The topological polar surface area (TPSA) is 20.2 Å². The third-order valence-corrected chi connectivity index (χ3v) is 2.06. The maximum absolute atomic E-state index is 12.1. The van der Waals surface area contributed by atoms with Gasteiger partial charge in [0.25, 0.3) is 0 Å². The van der Waals surface area contributed by atoms with Crippen LogP contribution in [0, 0.1) is 5.92 Å². The molecule has 13 heavy (non-hydrogen) atoms. The van der Waals surface area contributed by atoms with Crippen LogP contribution >= 0.6 is 0 Å². The van der Waals surface area contributed by atoms with Crippen molar-refractivity contribution in [3.8, 4) is 0 Å². The largest absolute Gasteiger partial charge is 0.416 e. The molecule has 1 N–H and O–H groups in total. The van der Waals surface area contributed by atoms with Crippen LogP contribution in [-0.2, 0) is 0 Å². The Morgan fingerprint density at radius 2 is 1.69 bits per heavy atom. The molecule has 0 amide bonds. The highest BCUT2D eigenvalue weighted by atomic mass is 19.4. The number of rotatable bonds is 4. The predicted octanol–water partition coefficient (Wildman–Crippen LogP) is 3.13. The second kappa shape index (κ2) is 4.31. The Balaban J connectivity index is 3.90. The van der Waals surface area contributed by atoms with Crippen molar-refractivity contribution in [3.05, 3.63) is 0 Å². The van der Waals surface area contributed by atoms with Gasteiger partial charge in [-0.05, 0) is 25.7 Å². The second-order valence-electron chi connectivity index (χ2n) is 4.06. The first-order valence-electron chi connectivity index (χ1n) is 4.46. The van der Waals surface area contributed by atoms with E-state index in [0.29, 0.717) is 18.8 Å². The lowest BCUT2D eigenvalue weighted by Crippen LogP contribution is -2.41. The molecule has 0 aliphatic heterocycles. The van der Waals surface area contributed by atoms with Crippen molar-refractivity contribution in [2.45, 2.75) is 51.8 Å². The van der Waals surface area contributed by atoms with Crippen molar-refractivity contribution >= 4 is 0 Å². The van der Waals surface area contributed by atoms with Gasteiger partial charge in [-0.3, -0.25) is 0 Å². The Bertz CT molecular complexity index is 149. The van der Waals surface area contributed by atoms with Crippen molar-refractivity contribution in [1.29, 1.82) is 0 Å². The molecule has 0 bridgehead atoms. The zero-order chi connectivity index (χ0) is 10.7. The maximum Gasteiger partial charge on any atom is 0.416 e. The van der Waals surface area contributed by atoms with Gasteiger partial charge in [0.2, 0.25) is 0 Å². The summed E-state index contributed by atoms with van der Waals surface area (Å²) in [6.45, 7) is 4.72. The van der Waals surface area contributed by atoms with Crippen LogP contribution < -0.4 is 0 Å². The number of aliphatic hydroxyl groups is 1. The van der Waals surface area contributed by atoms with Gasteiger partial charge < -0.3 is 5.11 Å². The molecule has 1 atom stereocenters. The van der Waals surface area contributed by atoms with Gasteiger partial charge in [-0.15, -0.1) is 0 Å². The highest BCUT2D eigenvalue weighted by Crippen LogP contribution is 2.34. The average molecular weight is 198 g/mol. The van der Waals surface area contributed by atoms with Crippen LogP contribution in [0.1, 0.15) is 40.0 Å². The van der Waals surface area contributed by atoms with E-state index in [9.17, 15) is 13.2 Å². The van der Waals surface area contributed by atoms with E-state index in [1.807, 2.05) is 13.8 Å². The van der Waals surface area contributed by atoms with Gasteiger partial charge in [-0.1, -0.05) is 20.3 Å². The summed E-state index contributed by atoms with van der Waals surface area (Å²) in [5.41, 5.74) is -2.53. The molecular weight excluding hydrogens is 181 g/mol. The van der Waals surface area contributed by atoms with Crippen LogP contribution in [0.5, 0.6) is 0 Å². The van der Waals surface area contributed by atoms with E-state index in [-0.39, 0.29) is 6.42 Å². The molecule has 0 aliphatic carbocycles. The predicted molar refractivity (Wildman–Crippen MR) is 45.4 cm³/mol. The van der Waals surface area contributed by atoms with Gasteiger partial charge >= 0.3 is 6.18 Å². The lowest BCUT2D eigenvalue weighted by molar-refractivity contribution is -0.255. The summed E-state index contributed by atoms with van der Waals surface area (Å²) in [4.78, 5) is 0. The van der Waals surface area contributed by atoms with Crippen LogP contribution in [0.2, 0.25) is 0 Å².